The van der Waals surface area contributed by atoms with Gasteiger partial charge in [-0.05, 0) is 6.42 Å². The Hall–Kier alpha value is -2.58. The molecule has 2 rings (SSSR count). The van der Waals surface area contributed by atoms with Crippen LogP contribution in [0.5, 0.6) is 11.5 Å². The quantitative estimate of drug-likeness (QED) is 0.646. The number of aromatic nitrogens is 2. The number of rotatable bonds is 9. The number of methoxy groups -OCH3 is 3. The second-order valence-electron chi connectivity index (χ2n) is 5.21. The number of amides is 1. The van der Waals surface area contributed by atoms with E-state index in [1.165, 1.54) is 26.6 Å². The molecule has 8 nitrogen and oxygen atoms in total. The van der Waals surface area contributed by atoms with Crippen LogP contribution in [0.15, 0.2) is 24.5 Å². The average Bonchev–Trinajstić information content (AvgIpc) is 2.66. The van der Waals surface area contributed by atoms with Crippen molar-refractivity contribution in [2.45, 2.75) is 6.42 Å². The fraction of sp³-hybridized carbons (Fsp3) is 0.353. The highest BCUT2D eigenvalue weighted by molar-refractivity contribution is 6.32. The third-order valence-electron chi connectivity index (χ3n) is 3.45. The van der Waals surface area contributed by atoms with Crippen LogP contribution in [0.1, 0.15) is 16.8 Å². The molecule has 0 saturated carbocycles. The minimum Gasteiger partial charge on any atom is -0.495 e. The number of benzene rings is 1. The van der Waals surface area contributed by atoms with E-state index in [4.69, 9.17) is 25.8 Å². The Morgan fingerprint density at radius 1 is 1.12 bits per heavy atom. The summed E-state index contributed by atoms with van der Waals surface area (Å²) in [6.45, 7) is 1.11. The van der Waals surface area contributed by atoms with Crippen molar-refractivity contribution < 1.29 is 19.0 Å². The van der Waals surface area contributed by atoms with Crippen LogP contribution < -0.4 is 20.1 Å². The number of nitrogens with zero attached hydrogens (tertiary/aromatic N) is 2. The molecule has 140 valence electrons. The van der Waals surface area contributed by atoms with Gasteiger partial charge in [-0.25, -0.2) is 9.97 Å². The fourth-order valence-corrected chi connectivity index (χ4v) is 2.34. The zero-order valence-corrected chi connectivity index (χ0v) is 15.6. The van der Waals surface area contributed by atoms with Gasteiger partial charge in [0.1, 0.15) is 11.5 Å². The van der Waals surface area contributed by atoms with Gasteiger partial charge in [-0.1, -0.05) is 11.6 Å². The van der Waals surface area contributed by atoms with E-state index in [1.807, 2.05) is 0 Å². The summed E-state index contributed by atoms with van der Waals surface area (Å²) in [5.74, 6) is 1.07. The van der Waals surface area contributed by atoms with E-state index < -0.39 is 0 Å². The van der Waals surface area contributed by atoms with Crippen molar-refractivity contribution >= 4 is 29.1 Å². The zero-order chi connectivity index (χ0) is 18.9. The Balaban J connectivity index is 2.06. The van der Waals surface area contributed by atoms with Crippen LogP contribution in [0.25, 0.3) is 0 Å². The smallest absolute Gasteiger partial charge is 0.254 e. The van der Waals surface area contributed by atoms with Crippen LogP contribution in [-0.2, 0) is 4.74 Å². The number of halogens is 1. The lowest BCUT2D eigenvalue weighted by Gasteiger charge is -2.13. The Labute approximate surface area is 156 Å². The first-order chi connectivity index (χ1) is 12.6. The number of carbonyl (C=O) groups excluding carboxylic acids is 1. The standard InChI is InChI=1S/C17H21ClN4O4/c1-24-6-4-5-19-16(23)11-9-20-17(21-10-11)22-13-8-14(25-2)12(18)7-15(13)26-3/h7-10H,4-6H2,1-3H3,(H,19,23)(H,20,21,22). The number of carbonyl (C=O) groups is 1. The van der Waals surface area contributed by atoms with Crippen molar-refractivity contribution in [3.8, 4) is 11.5 Å². The highest BCUT2D eigenvalue weighted by Crippen LogP contribution is 2.36. The molecule has 26 heavy (non-hydrogen) atoms. The van der Waals surface area contributed by atoms with Gasteiger partial charge >= 0.3 is 0 Å². The van der Waals surface area contributed by atoms with Gasteiger partial charge in [-0.2, -0.15) is 0 Å². The van der Waals surface area contributed by atoms with E-state index in [0.29, 0.717) is 46.9 Å². The molecule has 0 spiro atoms. The van der Waals surface area contributed by atoms with Crippen LogP contribution in [-0.4, -0.2) is 50.4 Å². The van der Waals surface area contributed by atoms with E-state index in [-0.39, 0.29) is 5.91 Å². The first-order valence-corrected chi connectivity index (χ1v) is 8.24. The third kappa shape index (κ3) is 5.21. The Morgan fingerprint density at radius 2 is 1.81 bits per heavy atom. The van der Waals surface area contributed by atoms with Gasteiger partial charge in [0.25, 0.3) is 5.91 Å². The van der Waals surface area contributed by atoms with Crippen molar-refractivity contribution in [3.63, 3.8) is 0 Å². The molecular formula is C17H21ClN4O4. The van der Waals surface area contributed by atoms with Gasteiger partial charge in [0.15, 0.2) is 0 Å². The summed E-state index contributed by atoms with van der Waals surface area (Å²) in [7, 11) is 4.67. The molecule has 0 radical (unpaired) electrons. The van der Waals surface area contributed by atoms with Crippen molar-refractivity contribution in [3.05, 3.63) is 35.1 Å². The maximum atomic E-state index is 12.0. The maximum absolute atomic E-state index is 12.0. The van der Waals surface area contributed by atoms with E-state index in [0.717, 1.165) is 6.42 Å². The Kier molecular flexibility index (Phi) is 7.43. The van der Waals surface area contributed by atoms with Gasteiger partial charge in [0.2, 0.25) is 5.95 Å². The largest absolute Gasteiger partial charge is 0.495 e. The number of hydrogen-bond donors (Lipinski definition) is 2. The third-order valence-corrected chi connectivity index (χ3v) is 3.74. The lowest BCUT2D eigenvalue weighted by atomic mass is 10.2. The molecule has 0 fully saturated rings. The molecule has 1 aromatic heterocycles. The minimum absolute atomic E-state index is 0.238. The number of ether oxygens (including phenoxy) is 3. The second-order valence-corrected chi connectivity index (χ2v) is 5.62. The summed E-state index contributed by atoms with van der Waals surface area (Å²) >= 11 is 6.08. The van der Waals surface area contributed by atoms with Crippen LogP contribution in [0.4, 0.5) is 11.6 Å². The molecule has 0 aliphatic heterocycles. The molecule has 0 aliphatic rings. The maximum Gasteiger partial charge on any atom is 0.254 e. The van der Waals surface area contributed by atoms with E-state index >= 15 is 0 Å². The number of nitrogens with one attached hydrogen (secondary N) is 2. The minimum atomic E-state index is -0.238. The molecule has 2 aromatic rings. The van der Waals surface area contributed by atoms with Crippen LogP contribution >= 0.6 is 11.6 Å². The first kappa shape index (κ1) is 19.7. The predicted octanol–water partition coefficient (Wildman–Crippen LogP) is 2.66. The monoisotopic (exact) mass is 380 g/mol. The van der Waals surface area contributed by atoms with Gasteiger partial charge in [0.05, 0.1) is 30.5 Å². The molecule has 1 heterocycles. The van der Waals surface area contributed by atoms with E-state index in [1.54, 1.807) is 19.2 Å². The summed E-state index contributed by atoms with van der Waals surface area (Å²) in [5.41, 5.74) is 0.958. The van der Waals surface area contributed by atoms with E-state index in [9.17, 15) is 4.79 Å². The van der Waals surface area contributed by atoms with Crippen molar-refractivity contribution in [1.82, 2.24) is 15.3 Å². The van der Waals surface area contributed by atoms with Gasteiger partial charge in [0, 0.05) is 44.8 Å². The molecular weight excluding hydrogens is 360 g/mol. The zero-order valence-electron chi connectivity index (χ0n) is 14.8. The molecule has 1 amide bonds. The summed E-state index contributed by atoms with van der Waals surface area (Å²) in [4.78, 5) is 20.3. The molecule has 9 heteroatoms. The van der Waals surface area contributed by atoms with Gasteiger partial charge in [-0.3, -0.25) is 4.79 Å². The fourth-order valence-electron chi connectivity index (χ4n) is 2.11. The summed E-state index contributed by atoms with van der Waals surface area (Å²) in [6.07, 6.45) is 3.63. The van der Waals surface area contributed by atoms with Gasteiger partial charge < -0.3 is 24.8 Å². The molecule has 0 aliphatic carbocycles. The predicted molar refractivity (Wildman–Crippen MR) is 98.7 cm³/mol. The number of anilines is 2. The van der Waals surface area contributed by atoms with Crippen LogP contribution in [0.3, 0.4) is 0 Å². The SMILES string of the molecule is COCCCNC(=O)c1cnc(Nc2cc(OC)c(Cl)cc2OC)nc1. The number of hydrogen-bond acceptors (Lipinski definition) is 7. The Bertz CT molecular complexity index is 740. The van der Waals surface area contributed by atoms with Gasteiger partial charge in [-0.15, -0.1) is 0 Å². The highest BCUT2D eigenvalue weighted by Gasteiger charge is 2.12. The molecule has 0 bridgehead atoms. The Morgan fingerprint density at radius 3 is 2.42 bits per heavy atom. The second kappa shape index (κ2) is 9.79. The van der Waals surface area contributed by atoms with E-state index in [2.05, 4.69) is 20.6 Å². The lowest BCUT2D eigenvalue weighted by Crippen LogP contribution is -2.25. The molecule has 0 atom stereocenters. The highest BCUT2D eigenvalue weighted by atomic mass is 35.5. The van der Waals surface area contributed by atoms with Crippen molar-refractivity contribution in [2.24, 2.45) is 0 Å². The van der Waals surface area contributed by atoms with Crippen molar-refractivity contribution in [2.75, 3.05) is 39.8 Å². The average molecular weight is 381 g/mol. The molecule has 0 saturated heterocycles. The van der Waals surface area contributed by atoms with Crippen LogP contribution in [0.2, 0.25) is 5.02 Å². The molecule has 1 aromatic carbocycles. The molecule has 0 unspecified atom stereocenters. The first-order valence-electron chi connectivity index (χ1n) is 7.86. The lowest BCUT2D eigenvalue weighted by molar-refractivity contribution is 0.0948. The summed E-state index contributed by atoms with van der Waals surface area (Å²) in [5, 5.41) is 6.22. The molecule has 2 N–H and O–H groups in total. The summed E-state index contributed by atoms with van der Waals surface area (Å²) < 4.78 is 15.4. The normalized spacial score (nSPS) is 10.3. The topological polar surface area (TPSA) is 94.6 Å². The summed E-state index contributed by atoms with van der Waals surface area (Å²) in [6, 6.07) is 3.31. The van der Waals surface area contributed by atoms with Crippen molar-refractivity contribution in [1.29, 1.82) is 0 Å². The van der Waals surface area contributed by atoms with Crippen LogP contribution in [0, 0.1) is 0 Å².